The number of aliphatic carboxylic acids is 1. The van der Waals surface area contributed by atoms with Crippen molar-refractivity contribution in [1.82, 2.24) is 9.88 Å². The zero-order valence-corrected chi connectivity index (χ0v) is 14.3. The van der Waals surface area contributed by atoms with Crippen molar-refractivity contribution in [1.29, 1.82) is 0 Å². The Morgan fingerprint density at radius 3 is 2.84 bits per heavy atom. The Kier molecular flexibility index (Phi) is 4.99. The fourth-order valence-electron chi connectivity index (χ4n) is 3.43. The summed E-state index contributed by atoms with van der Waals surface area (Å²) in [6.07, 6.45) is 3.08. The lowest BCUT2D eigenvalue weighted by atomic mass is 9.98. The maximum Gasteiger partial charge on any atom is 0.320 e. The van der Waals surface area contributed by atoms with Gasteiger partial charge in [-0.1, -0.05) is 6.07 Å². The number of hydrogen-bond donors (Lipinski definition) is 1. The molecule has 1 aliphatic rings. The van der Waals surface area contributed by atoms with Gasteiger partial charge >= 0.3 is 5.97 Å². The fourth-order valence-corrected chi connectivity index (χ4v) is 3.43. The number of aryl methyl sites for hydroxylation is 1. The van der Waals surface area contributed by atoms with Crippen LogP contribution in [0.5, 0.6) is 5.75 Å². The molecule has 1 aliphatic heterocycles. The van der Waals surface area contributed by atoms with Gasteiger partial charge in [0.05, 0.1) is 18.8 Å². The van der Waals surface area contributed by atoms with E-state index in [0.717, 1.165) is 12.0 Å². The van der Waals surface area contributed by atoms with Crippen LogP contribution in [0.15, 0.2) is 36.5 Å². The predicted octanol–water partition coefficient (Wildman–Crippen LogP) is 3.18. The number of nitrogens with zero attached hydrogens (tertiary/aromatic N) is 2. The number of aromatic nitrogens is 1. The van der Waals surface area contributed by atoms with Crippen molar-refractivity contribution >= 4 is 5.97 Å². The lowest BCUT2D eigenvalue weighted by Gasteiger charge is -2.32. The van der Waals surface area contributed by atoms with Gasteiger partial charge in [-0.25, -0.2) is 4.39 Å². The molecular weight excluding hydrogens is 323 g/mol. The molecule has 2 atom stereocenters. The topological polar surface area (TPSA) is 62.7 Å². The molecule has 0 aliphatic carbocycles. The van der Waals surface area contributed by atoms with E-state index in [1.165, 1.54) is 19.2 Å². The van der Waals surface area contributed by atoms with Crippen molar-refractivity contribution in [3.05, 3.63) is 59.2 Å². The van der Waals surface area contributed by atoms with Crippen LogP contribution in [0.1, 0.15) is 35.7 Å². The van der Waals surface area contributed by atoms with Gasteiger partial charge in [0, 0.05) is 18.3 Å². The molecule has 1 aromatic carbocycles. The standard InChI is InChI=1S/C19H21FN2O3/c1-12-5-7-15(21-11-12)18(22-9-3-4-16(22)19(23)24)14-10-13(20)6-8-17(14)25-2/h5-8,10-11,16,18H,3-4,9H2,1-2H3,(H,23,24). The highest BCUT2D eigenvalue weighted by Gasteiger charge is 2.38. The number of benzene rings is 1. The van der Waals surface area contributed by atoms with Crippen molar-refractivity contribution in [3.63, 3.8) is 0 Å². The number of ether oxygens (including phenoxy) is 1. The first kappa shape index (κ1) is 17.4. The summed E-state index contributed by atoms with van der Waals surface area (Å²) in [4.78, 5) is 18.0. The third-order valence-corrected chi connectivity index (χ3v) is 4.61. The second kappa shape index (κ2) is 7.19. The molecule has 0 spiro atoms. The van der Waals surface area contributed by atoms with Gasteiger partial charge in [0.2, 0.25) is 0 Å². The molecule has 132 valence electrons. The van der Waals surface area contributed by atoms with Crippen molar-refractivity contribution in [2.24, 2.45) is 0 Å². The van der Waals surface area contributed by atoms with Crippen LogP contribution in [-0.4, -0.2) is 40.7 Å². The molecule has 0 radical (unpaired) electrons. The van der Waals surface area contributed by atoms with E-state index in [0.29, 0.717) is 30.0 Å². The van der Waals surface area contributed by atoms with E-state index >= 15 is 0 Å². The molecular formula is C19H21FN2O3. The number of halogens is 1. The number of pyridine rings is 1. The first-order valence-corrected chi connectivity index (χ1v) is 8.26. The normalized spacial score (nSPS) is 18.9. The maximum atomic E-state index is 14.0. The zero-order chi connectivity index (χ0) is 18.0. The number of carboxylic acid groups (broad SMARTS) is 1. The van der Waals surface area contributed by atoms with Gasteiger partial charge < -0.3 is 9.84 Å². The summed E-state index contributed by atoms with van der Waals surface area (Å²) in [5.74, 6) is -0.742. The fraction of sp³-hybridized carbons (Fsp3) is 0.368. The SMILES string of the molecule is COc1ccc(F)cc1C(c1ccc(C)cn1)N1CCCC1C(=O)O. The van der Waals surface area contributed by atoms with Gasteiger partial charge in [0.25, 0.3) is 0 Å². The quantitative estimate of drug-likeness (QED) is 0.903. The molecule has 1 N–H and O–H groups in total. The average molecular weight is 344 g/mol. The third-order valence-electron chi connectivity index (χ3n) is 4.61. The van der Waals surface area contributed by atoms with E-state index in [4.69, 9.17) is 4.74 Å². The van der Waals surface area contributed by atoms with Gasteiger partial charge in [0.15, 0.2) is 0 Å². The highest BCUT2D eigenvalue weighted by Crippen LogP contribution is 2.38. The smallest absolute Gasteiger partial charge is 0.320 e. The number of methoxy groups -OCH3 is 1. The summed E-state index contributed by atoms with van der Waals surface area (Å²) < 4.78 is 19.4. The lowest BCUT2D eigenvalue weighted by Crippen LogP contribution is -2.39. The second-order valence-corrected chi connectivity index (χ2v) is 6.28. The molecule has 1 saturated heterocycles. The summed E-state index contributed by atoms with van der Waals surface area (Å²) >= 11 is 0. The first-order chi connectivity index (χ1) is 12.0. The van der Waals surface area contributed by atoms with E-state index < -0.39 is 18.1 Å². The van der Waals surface area contributed by atoms with Crippen molar-refractivity contribution in [2.75, 3.05) is 13.7 Å². The summed E-state index contributed by atoms with van der Waals surface area (Å²) in [7, 11) is 1.52. The molecule has 1 fully saturated rings. The number of carbonyl (C=O) groups is 1. The van der Waals surface area contributed by atoms with E-state index in [-0.39, 0.29) is 5.82 Å². The molecule has 6 heteroatoms. The molecule has 0 bridgehead atoms. The Bertz CT molecular complexity index is 764. The average Bonchev–Trinajstić information content (AvgIpc) is 3.07. The van der Waals surface area contributed by atoms with Crippen LogP contribution >= 0.6 is 0 Å². The van der Waals surface area contributed by atoms with E-state index in [9.17, 15) is 14.3 Å². The minimum atomic E-state index is -0.870. The number of rotatable bonds is 5. The van der Waals surface area contributed by atoms with Crippen LogP contribution in [0.4, 0.5) is 4.39 Å². The molecule has 2 heterocycles. The van der Waals surface area contributed by atoms with Gasteiger partial charge in [-0.3, -0.25) is 14.7 Å². The number of likely N-dealkylation sites (tertiary alicyclic amines) is 1. The predicted molar refractivity (Wildman–Crippen MR) is 91.1 cm³/mol. The van der Waals surface area contributed by atoms with Crippen molar-refractivity contribution in [3.8, 4) is 5.75 Å². The first-order valence-electron chi connectivity index (χ1n) is 8.26. The molecule has 2 unspecified atom stereocenters. The molecule has 0 amide bonds. The summed E-state index contributed by atoms with van der Waals surface area (Å²) in [5, 5.41) is 9.58. The third kappa shape index (κ3) is 3.49. The highest BCUT2D eigenvalue weighted by molar-refractivity contribution is 5.74. The molecule has 2 aromatic rings. The van der Waals surface area contributed by atoms with Gasteiger partial charge in [-0.05, 0) is 49.6 Å². The van der Waals surface area contributed by atoms with E-state index in [2.05, 4.69) is 4.98 Å². The number of hydrogen-bond acceptors (Lipinski definition) is 4. The van der Waals surface area contributed by atoms with Crippen LogP contribution in [0.2, 0.25) is 0 Å². The van der Waals surface area contributed by atoms with Crippen LogP contribution in [-0.2, 0) is 4.79 Å². The van der Waals surface area contributed by atoms with Crippen LogP contribution in [0, 0.1) is 12.7 Å². The minimum Gasteiger partial charge on any atom is -0.496 e. The Hall–Kier alpha value is -2.47. The molecule has 25 heavy (non-hydrogen) atoms. The summed E-state index contributed by atoms with van der Waals surface area (Å²) in [6, 6.07) is 6.99. The van der Waals surface area contributed by atoms with Crippen molar-refractivity contribution in [2.45, 2.75) is 31.8 Å². The Balaban J connectivity index is 2.14. The van der Waals surface area contributed by atoms with E-state index in [1.54, 1.807) is 12.3 Å². The Morgan fingerprint density at radius 1 is 1.40 bits per heavy atom. The van der Waals surface area contributed by atoms with Gasteiger partial charge in [-0.15, -0.1) is 0 Å². The monoisotopic (exact) mass is 344 g/mol. The largest absolute Gasteiger partial charge is 0.496 e. The minimum absolute atomic E-state index is 0.390. The molecule has 3 rings (SSSR count). The van der Waals surface area contributed by atoms with Gasteiger partial charge in [0.1, 0.15) is 17.6 Å². The highest BCUT2D eigenvalue weighted by atomic mass is 19.1. The maximum absolute atomic E-state index is 14.0. The van der Waals surface area contributed by atoms with E-state index in [1.807, 2.05) is 24.0 Å². The van der Waals surface area contributed by atoms with Crippen LogP contribution < -0.4 is 4.74 Å². The Labute approximate surface area is 146 Å². The second-order valence-electron chi connectivity index (χ2n) is 6.28. The van der Waals surface area contributed by atoms with Gasteiger partial charge in [-0.2, -0.15) is 0 Å². The molecule has 0 saturated carbocycles. The van der Waals surface area contributed by atoms with Crippen LogP contribution in [0.3, 0.4) is 0 Å². The molecule has 1 aromatic heterocycles. The molecule has 5 nitrogen and oxygen atoms in total. The summed E-state index contributed by atoms with van der Waals surface area (Å²) in [6.45, 7) is 2.54. The lowest BCUT2D eigenvalue weighted by molar-refractivity contribution is -0.142. The van der Waals surface area contributed by atoms with Crippen molar-refractivity contribution < 1.29 is 19.0 Å². The Morgan fingerprint density at radius 2 is 2.20 bits per heavy atom. The van der Waals surface area contributed by atoms with Crippen LogP contribution in [0.25, 0.3) is 0 Å². The summed E-state index contributed by atoms with van der Waals surface area (Å²) in [5.41, 5.74) is 2.28. The number of carboxylic acids is 1. The zero-order valence-electron chi connectivity index (χ0n) is 14.3.